The SMILES string of the molecule is COc1cccc2c1C1(CCN(C(=O)Cc3cccs3)CC1)OCC2. The number of nitrogens with zero attached hydrogens (tertiary/aromatic N) is 1. The molecule has 1 spiro atoms. The van der Waals surface area contributed by atoms with Crippen molar-refractivity contribution in [3.8, 4) is 5.75 Å². The van der Waals surface area contributed by atoms with Crippen LogP contribution in [0.4, 0.5) is 0 Å². The Kier molecular flexibility index (Phi) is 4.52. The van der Waals surface area contributed by atoms with Crippen LogP contribution in [-0.4, -0.2) is 37.6 Å². The third kappa shape index (κ3) is 3.07. The largest absolute Gasteiger partial charge is 0.496 e. The highest BCUT2D eigenvalue weighted by Crippen LogP contribution is 2.45. The van der Waals surface area contributed by atoms with E-state index in [4.69, 9.17) is 9.47 Å². The molecular weight excluding hydrogens is 334 g/mol. The van der Waals surface area contributed by atoms with Crippen LogP contribution in [0.15, 0.2) is 35.7 Å². The van der Waals surface area contributed by atoms with Crippen molar-refractivity contribution >= 4 is 17.2 Å². The van der Waals surface area contributed by atoms with Crippen molar-refractivity contribution in [3.05, 3.63) is 51.7 Å². The second kappa shape index (κ2) is 6.81. The topological polar surface area (TPSA) is 38.8 Å². The van der Waals surface area contributed by atoms with Crippen molar-refractivity contribution in [1.29, 1.82) is 0 Å². The lowest BCUT2D eigenvalue weighted by Crippen LogP contribution is -2.48. The fourth-order valence-corrected chi connectivity index (χ4v) is 4.78. The molecule has 2 aliphatic rings. The number of carbonyl (C=O) groups is 1. The molecule has 1 saturated heterocycles. The number of thiophene rings is 1. The van der Waals surface area contributed by atoms with E-state index < -0.39 is 0 Å². The Morgan fingerprint density at radius 3 is 2.84 bits per heavy atom. The summed E-state index contributed by atoms with van der Waals surface area (Å²) in [5.74, 6) is 1.13. The van der Waals surface area contributed by atoms with Crippen LogP contribution in [0.3, 0.4) is 0 Å². The van der Waals surface area contributed by atoms with Gasteiger partial charge in [-0.1, -0.05) is 18.2 Å². The predicted octanol–water partition coefficient (Wildman–Crippen LogP) is 3.39. The molecule has 0 unspecified atom stereocenters. The number of ether oxygens (including phenoxy) is 2. The molecule has 0 aliphatic carbocycles. The van der Waals surface area contributed by atoms with Gasteiger partial charge in [-0.15, -0.1) is 11.3 Å². The third-order valence-electron chi connectivity index (χ3n) is 5.37. The van der Waals surface area contributed by atoms with Crippen molar-refractivity contribution in [3.63, 3.8) is 0 Å². The van der Waals surface area contributed by atoms with E-state index in [9.17, 15) is 4.79 Å². The van der Waals surface area contributed by atoms with Gasteiger partial charge in [0.1, 0.15) is 11.4 Å². The average Bonchev–Trinajstić information content (AvgIpc) is 3.15. The highest BCUT2D eigenvalue weighted by atomic mass is 32.1. The Bertz CT molecular complexity index is 734. The quantitative estimate of drug-likeness (QED) is 0.845. The first-order valence-electron chi connectivity index (χ1n) is 8.82. The van der Waals surface area contributed by atoms with Crippen LogP contribution in [0.25, 0.3) is 0 Å². The van der Waals surface area contributed by atoms with E-state index >= 15 is 0 Å². The summed E-state index contributed by atoms with van der Waals surface area (Å²) in [5, 5.41) is 2.02. The highest BCUT2D eigenvalue weighted by molar-refractivity contribution is 7.10. The number of rotatable bonds is 3. The highest BCUT2D eigenvalue weighted by Gasteiger charge is 2.43. The average molecular weight is 357 g/mol. The number of likely N-dealkylation sites (tertiary alicyclic amines) is 1. The lowest BCUT2D eigenvalue weighted by Gasteiger charge is -2.45. The molecule has 0 bridgehead atoms. The maximum atomic E-state index is 12.6. The van der Waals surface area contributed by atoms with E-state index in [1.54, 1.807) is 18.4 Å². The summed E-state index contributed by atoms with van der Waals surface area (Å²) in [6, 6.07) is 10.3. The number of benzene rings is 1. The molecule has 4 rings (SSSR count). The minimum atomic E-state index is -0.306. The van der Waals surface area contributed by atoms with Gasteiger partial charge >= 0.3 is 0 Å². The van der Waals surface area contributed by atoms with E-state index in [1.165, 1.54) is 11.1 Å². The van der Waals surface area contributed by atoms with E-state index in [1.807, 2.05) is 28.5 Å². The van der Waals surface area contributed by atoms with Gasteiger partial charge in [-0.05, 0) is 42.3 Å². The lowest BCUT2D eigenvalue weighted by molar-refractivity contribution is -0.140. The Labute approximate surface area is 152 Å². The van der Waals surface area contributed by atoms with E-state index in [0.717, 1.165) is 49.6 Å². The predicted molar refractivity (Wildman–Crippen MR) is 98.2 cm³/mol. The Morgan fingerprint density at radius 2 is 2.12 bits per heavy atom. The number of hydrogen-bond acceptors (Lipinski definition) is 4. The minimum absolute atomic E-state index is 0.216. The fraction of sp³-hybridized carbons (Fsp3) is 0.450. The second-order valence-electron chi connectivity index (χ2n) is 6.72. The van der Waals surface area contributed by atoms with Gasteiger partial charge in [-0.2, -0.15) is 0 Å². The maximum absolute atomic E-state index is 12.6. The lowest BCUT2D eigenvalue weighted by atomic mass is 9.78. The first kappa shape index (κ1) is 16.6. The number of amides is 1. The molecule has 0 atom stereocenters. The number of carbonyl (C=O) groups excluding carboxylic acids is 1. The van der Waals surface area contributed by atoms with Gasteiger partial charge < -0.3 is 14.4 Å². The maximum Gasteiger partial charge on any atom is 0.227 e. The van der Waals surface area contributed by atoms with Crippen LogP contribution >= 0.6 is 11.3 Å². The van der Waals surface area contributed by atoms with Gasteiger partial charge in [0.15, 0.2) is 0 Å². The van der Waals surface area contributed by atoms with Gasteiger partial charge in [0.05, 0.1) is 20.1 Å². The molecule has 3 heterocycles. The summed E-state index contributed by atoms with van der Waals surface area (Å²) in [5.41, 5.74) is 2.22. The van der Waals surface area contributed by atoms with Gasteiger partial charge in [-0.25, -0.2) is 0 Å². The molecule has 0 radical (unpaired) electrons. The van der Waals surface area contributed by atoms with Crippen LogP contribution in [0.2, 0.25) is 0 Å². The van der Waals surface area contributed by atoms with Crippen LogP contribution in [0.1, 0.15) is 28.8 Å². The van der Waals surface area contributed by atoms with Crippen molar-refractivity contribution in [2.75, 3.05) is 26.8 Å². The molecule has 0 N–H and O–H groups in total. The molecular formula is C20H23NO3S. The van der Waals surface area contributed by atoms with E-state index in [0.29, 0.717) is 6.42 Å². The van der Waals surface area contributed by atoms with Crippen molar-refractivity contribution in [1.82, 2.24) is 4.90 Å². The van der Waals surface area contributed by atoms with E-state index in [2.05, 4.69) is 12.1 Å². The summed E-state index contributed by atoms with van der Waals surface area (Å²) in [6.07, 6.45) is 3.09. The fourth-order valence-electron chi connectivity index (χ4n) is 4.09. The molecule has 0 saturated carbocycles. The van der Waals surface area contributed by atoms with Crippen molar-refractivity contribution in [2.24, 2.45) is 0 Å². The zero-order valence-electron chi connectivity index (χ0n) is 14.5. The van der Waals surface area contributed by atoms with Gasteiger partial charge in [0.25, 0.3) is 0 Å². The van der Waals surface area contributed by atoms with E-state index in [-0.39, 0.29) is 11.5 Å². The van der Waals surface area contributed by atoms with Gasteiger partial charge in [0.2, 0.25) is 5.91 Å². The van der Waals surface area contributed by atoms with Gasteiger partial charge in [-0.3, -0.25) is 4.79 Å². The number of methoxy groups -OCH3 is 1. The molecule has 1 aromatic carbocycles. The van der Waals surface area contributed by atoms with Crippen molar-refractivity contribution < 1.29 is 14.3 Å². The summed E-state index contributed by atoms with van der Waals surface area (Å²) in [4.78, 5) is 15.7. The van der Waals surface area contributed by atoms with Crippen LogP contribution in [0, 0.1) is 0 Å². The second-order valence-corrected chi connectivity index (χ2v) is 7.76. The summed E-state index contributed by atoms with van der Waals surface area (Å²) >= 11 is 1.64. The smallest absolute Gasteiger partial charge is 0.227 e. The normalized spacial score (nSPS) is 18.8. The van der Waals surface area contributed by atoms with Gasteiger partial charge in [0, 0.05) is 23.5 Å². The molecule has 5 heteroatoms. The first-order chi connectivity index (χ1) is 12.2. The van der Waals surface area contributed by atoms with Crippen LogP contribution < -0.4 is 4.74 Å². The van der Waals surface area contributed by atoms with Crippen LogP contribution in [-0.2, 0) is 28.0 Å². The monoisotopic (exact) mass is 357 g/mol. The molecule has 2 aromatic rings. The Balaban J connectivity index is 1.51. The van der Waals surface area contributed by atoms with Crippen LogP contribution in [0.5, 0.6) is 5.75 Å². The Hall–Kier alpha value is -1.85. The molecule has 1 amide bonds. The zero-order chi connectivity index (χ0) is 17.3. The summed E-state index contributed by atoms with van der Waals surface area (Å²) < 4.78 is 11.9. The molecule has 2 aliphatic heterocycles. The molecule has 4 nitrogen and oxygen atoms in total. The first-order valence-corrected chi connectivity index (χ1v) is 9.70. The molecule has 1 fully saturated rings. The number of fused-ring (bicyclic) bond motifs is 2. The zero-order valence-corrected chi connectivity index (χ0v) is 15.3. The Morgan fingerprint density at radius 1 is 1.28 bits per heavy atom. The summed E-state index contributed by atoms with van der Waals surface area (Å²) in [6.45, 7) is 2.21. The molecule has 132 valence electrons. The molecule has 1 aromatic heterocycles. The molecule has 25 heavy (non-hydrogen) atoms. The number of hydrogen-bond donors (Lipinski definition) is 0. The minimum Gasteiger partial charge on any atom is -0.496 e. The standard InChI is InChI=1S/C20H23NO3S/c1-23-17-6-2-4-15-7-12-24-20(19(15)17)8-10-21(11-9-20)18(22)14-16-5-3-13-25-16/h2-6,13H,7-12,14H2,1H3. The van der Waals surface area contributed by atoms with Crippen molar-refractivity contribution in [2.45, 2.75) is 31.3 Å². The summed E-state index contributed by atoms with van der Waals surface area (Å²) in [7, 11) is 1.72. The third-order valence-corrected chi connectivity index (χ3v) is 6.24. The number of piperidine rings is 1.